The molecule has 0 aliphatic heterocycles. The highest BCUT2D eigenvalue weighted by Gasteiger charge is 2.13. The number of anilines is 1. The second kappa shape index (κ2) is 6.05. The van der Waals surface area contributed by atoms with Crippen LogP contribution in [0.3, 0.4) is 0 Å². The molecule has 0 unspecified atom stereocenters. The molecule has 0 amide bonds. The Morgan fingerprint density at radius 3 is 2.75 bits per heavy atom. The van der Waals surface area contributed by atoms with Gasteiger partial charge in [0.2, 0.25) is 0 Å². The van der Waals surface area contributed by atoms with E-state index in [9.17, 15) is 10.1 Å². The first-order chi connectivity index (χ1) is 7.69. The van der Waals surface area contributed by atoms with Crippen molar-refractivity contribution >= 4 is 11.4 Å². The molecule has 0 aliphatic carbocycles. The Morgan fingerprint density at radius 1 is 1.50 bits per heavy atom. The molecule has 1 N–H and O–H groups in total. The van der Waals surface area contributed by atoms with Gasteiger partial charge in [0.05, 0.1) is 4.92 Å². The smallest absolute Gasteiger partial charge is 0.310 e. The van der Waals surface area contributed by atoms with Gasteiger partial charge in [0.25, 0.3) is 0 Å². The molecule has 16 heavy (non-hydrogen) atoms. The molecule has 1 heterocycles. The molecule has 0 fully saturated rings. The van der Waals surface area contributed by atoms with Crippen molar-refractivity contribution in [2.45, 2.75) is 26.7 Å². The summed E-state index contributed by atoms with van der Waals surface area (Å²) in [6.07, 6.45) is 4.97. The molecule has 0 atom stereocenters. The topological polar surface area (TPSA) is 68.1 Å². The summed E-state index contributed by atoms with van der Waals surface area (Å²) in [5, 5.41) is 13.8. The number of nitrogens with one attached hydrogen (secondary N) is 1. The first-order valence-electron chi connectivity index (χ1n) is 5.51. The quantitative estimate of drug-likeness (QED) is 0.594. The van der Waals surface area contributed by atoms with E-state index in [0.29, 0.717) is 11.6 Å². The SMILES string of the molecule is CCC(CC)CNc1ccncc1[N+](=O)[O-]. The molecule has 0 spiro atoms. The highest BCUT2D eigenvalue weighted by molar-refractivity contribution is 5.59. The molecule has 0 bridgehead atoms. The molecular formula is C11H17N3O2. The number of rotatable bonds is 6. The summed E-state index contributed by atoms with van der Waals surface area (Å²) in [7, 11) is 0. The number of hydrogen-bond donors (Lipinski definition) is 1. The van der Waals surface area contributed by atoms with Crippen LogP contribution in [0, 0.1) is 16.0 Å². The fourth-order valence-electron chi connectivity index (χ4n) is 1.51. The molecule has 0 saturated carbocycles. The van der Waals surface area contributed by atoms with E-state index in [1.54, 1.807) is 12.3 Å². The van der Waals surface area contributed by atoms with Crippen LogP contribution in [0.25, 0.3) is 0 Å². The number of nitrogens with zero attached hydrogens (tertiary/aromatic N) is 2. The number of hydrogen-bond acceptors (Lipinski definition) is 4. The lowest BCUT2D eigenvalue weighted by atomic mass is 10.0. The fraction of sp³-hybridized carbons (Fsp3) is 0.545. The Hall–Kier alpha value is -1.65. The summed E-state index contributed by atoms with van der Waals surface area (Å²) in [5.74, 6) is 0.549. The summed E-state index contributed by atoms with van der Waals surface area (Å²) >= 11 is 0. The largest absolute Gasteiger partial charge is 0.379 e. The second-order valence-electron chi connectivity index (χ2n) is 3.71. The van der Waals surface area contributed by atoms with E-state index in [1.807, 2.05) is 0 Å². The third kappa shape index (κ3) is 3.18. The predicted octanol–water partition coefficient (Wildman–Crippen LogP) is 2.84. The molecular weight excluding hydrogens is 206 g/mol. The van der Waals surface area contributed by atoms with E-state index < -0.39 is 4.92 Å². The minimum absolute atomic E-state index is 0.0356. The van der Waals surface area contributed by atoms with Crippen molar-refractivity contribution in [2.75, 3.05) is 11.9 Å². The van der Waals surface area contributed by atoms with Gasteiger partial charge in [0.1, 0.15) is 11.9 Å². The lowest BCUT2D eigenvalue weighted by Crippen LogP contribution is -2.13. The third-order valence-corrected chi connectivity index (χ3v) is 2.73. The zero-order valence-corrected chi connectivity index (χ0v) is 9.64. The third-order valence-electron chi connectivity index (χ3n) is 2.73. The van der Waals surface area contributed by atoms with E-state index >= 15 is 0 Å². The zero-order valence-electron chi connectivity index (χ0n) is 9.64. The van der Waals surface area contributed by atoms with Crippen molar-refractivity contribution in [1.82, 2.24) is 4.98 Å². The van der Waals surface area contributed by atoms with Crippen LogP contribution in [0.5, 0.6) is 0 Å². The summed E-state index contributed by atoms with van der Waals surface area (Å²) in [5.41, 5.74) is 0.584. The molecule has 0 aromatic carbocycles. The van der Waals surface area contributed by atoms with Gasteiger partial charge in [0, 0.05) is 12.7 Å². The van der Waals surface area contributed by atoms with Crippen molar-refractivity contribution in [1.29, 1.82) is 0 Å². The highest BCUT2D eigenvalue weighted by atomic mass is 16.6. The minimum Gasteiger partial charge on any atom is -0.379 e. The Bertz CT molecular complexity index is 351. The predicted molar refractivity (Wildman–Crippen MR) is 63.5 cm³/mol. The Kier molecular flexibility index (Phi) is 4.69. The number of nitro groups is 1. The molecule has 5 nitrogen and oxygen atoms in total. The normalized spacial score (nSPS) is 10.4. The summed E-state index contributed by atoms with van der Waals surface area (Å²) in [4.78, 5) is 14.1. The molecule has 1 aromatic rings. The van der Waals surface area contributed by atoms with Crippen LogP contribution >= 0.6 is 0 Å². The minimum atomic E-state index is -0.414. The molecule has 1 rings (SSSR count). The molecule has 0 radical (unpaired) electrons. The van der Waals surface area contributed by atoms with Crippen LogP contribution in [-0.4, -0.2) is 16.5 Å². The molecule has 0 aliphatic rings. The summed E-state index contributed by atoms with van der Waals surface area (Å²) < 4.78 is 0. The summed E-state index contributed by atoms with van der Waals surface area (Å²) in [6.45, 7) is 5.01. The van der Waals surface area contributed by atoms with Gasteiger partial charge in [-0.25, -0.2) is 0 Å². The van der Waals surface area contributed by atoms with Crippen LogP contribution < -0.4 is 5.32 Å². The molecule has 1 aromatic heterocycles. The maximum absolute atomic E-state index is 10.7. The average molecular weight is 223 g/mol. The van der Waals surface area contributed by atoms with Crippen LogP contribution in [-0.2, 0) is 0 Å². The lowest BCUT2D eigenvalue weighted by molar-refractivity contribution is -0.384. The Morgan fingerprint density at radius 2 is 2.19 bits per heavy atom. The Balaban J connectivity index is 2.69. The van der Waals surface area contributed by atoms with Crippen LogP contribution in [0.15, 0.2) is 18.5 Å². The number of pyridine rings is 1. The van der Waals surface area contributed by atoms with Gasteiger partial charge >= 0.3 is 5.69 Å². The maximum Gasteiger partial charge on any atom is 0.310 e. The maximum atomic E-state index is 10.7. The molecule has 88 valence electrons. The fourth-order valence-corrected chi connectivity index (χ4v) is 1.51. The van der Waals surface area contributed by atoms with Crippen LogP contribution in [0.2, 0.25) is 0 Å². The van der Waals surface area contributed by atoms with Crippen molar-refractivity contribution < 1.29 is 4.92 Å². The van der Waals surface area contributed by atoms with E-state index in [4.69, 9.17) is 0 Å². The van der Waals surface area contributed by atoms with Gasteiger partial charge in [-0.05, 0) is 12.0 Å². The van der Waals surface area contributed by atoms with Crippen molar-refractivity contribution in [2.24, 2.45) is 5.92 Å². The average Bonchev–Trinajstić information content (AvgIpc) is 2.30. The number of aromatic nitrogens is 1. The van der Waals surface area contributed by atoms with Crippen molar-refractivity contribution in [3.63, 3.8) is 0 Å². The van der Waals surface area contributed by atoms with Gasteiger partial charge in [-0.3, -0.25) is 15.1 Å². The van der Waals surface area contributed by atoms with E-state index in [1.165, 1.54) is 6.20 Å². The van der Waals surface area contributed by atoms with Crippen LogP contribution in [0.4, 0.5) is 11.4 Å². The Labute approximate surface area is 95.0 Å². The van der Waals surface area contributed by atoms with Crippen molar-refractivity contribution in [3.05, 3.63) is 28.6 Å². The van der Waals surface area contributed by atoms with E-state index in [2.05, 4.69) is 24.1 Å². The van der Waals surface area contributed by atoms with Gasteiger partial charge in [-0.1, -0.05) is 26.7 Å². The lowest BCUT2D eigenvalue weighted by Gasteiger charge is -2.13. The van der Waals surface area contributed by atoms with Gasteiger partial charge in [-0.2, -0.15) is 0 Å². The van der Waals surface area contributed by atoms with Gasteiger partial charge in [-0.15, -0.1) is 0 Å². The van der Waals surface area contributed by atoms with E-state index in [-0.39, 0.29) is 5.69 Å². The van der Waals surface area contributed by atoms with Gasteiger partial charge in [0.15, 0.2) is 0 Å². The van der Waals surface area contributed by atoms with Gasteiger partial charge < -0.3 is 5.32 Å². The standard InChI is InChI=1S/C11H17N3O2/c1-3-9(4-2)7-13-10-5-6-12-8-11(10)14(15)16/h5-6,8-9H,3-4,7H2,1-2H3,(H,12,13). The molecule has 0 saturated heterocycles. The monoisotopic (exact) mass is 223 g/mol. The zero-order chi connectivity index (χ0) is 12.0. The van der Waals surface area contributed by atoms with Crippen LogP contribution in [0.1, 0.15) is 26.7 Å². The summed E-state index contributed by atoms with van der Waals surface area (Å²) in [6, 6.07) is 1.64. The van der Waals surface area contributed by atoms with Crippen molar-refractivity contribution in [3.8, 4) is 0 Å². The first-order valence-corrected chi connectivity index (χ1v) is 5.51. The second-order valence-corrected chi connectivity index (χ2v) is 3.71. The molecule has 5 heteroatoms. The first kappa shape index (κ1) is 12.4. The van der Waals surface area contributed by atoms with E-state index in [0.717, 1.165) is 19.4 Å². The highest BCUT2D eigenvalue weighted by Crippen LogP contribution is 2.22.